The number of imidazole rings is 2. The maximum absolute atomic E-state index is 4.08. The predicted molar refractivity (Wildman–Crippen MR) is 60.7 cm³/mol. The van der Waals surface area contributed by atoms with Crippen molar-refractivity contribution in [3.05, 3.63) is 35.9 Å². The van der Waals surface area contributed by atoms with Crippen LogP contribution in [0.1, 0.15) is 31.2 Å². The number of aromatic amines is 2. The van der Waals surface area contributed by atoms with Crippen molar-refractivity contribution in [2.45, 2.75) is 33.6 Å². The summed E-state index contributed by atoms with van der Waals surface area (Å²) < 4.78 is 0. The molecule has 0 aliphatic heterocycles. The SMILES string of the molecule is CCc1ncc(C)[nH]1.CCc1ncc[nH]1. The summed E-state index contributed by atoms with van der Waals surface area (Å²) in [6.45, 7) is 6.16. The first-order chi connectivity index (χ1) is 7.26. The smallest absolute Gasteiger partial charge is 0.105 e. The summed E-state index contributed by atoms with van der Waals surface area (Å²) in [5, 5.41) is 0. The van der Waals surface area contributed by atoms with Crippen LogP contribution < -0.4 is 0 Å². The molecule has 4 nitrogen and oxygen atoms in total. The summed E-state index contributed by atoms with van der Waals surface area (Å²) in [5.74, 6) is 2.13. The number of rotatable bonds is 2. The van der Waals surface area contributed by atoms with Gasteiger partial charge in [0.25, 0.3) is 0 Å². The zero-order chi connectivity index (χ0) is 11.1. The van der Waals surface area contributed by atoms with E-state index in [0.29, 0.717) is 0 Å². The highest BCUT2D eigenvalue weighted by Crippen LogP contribution is 1.93. The third kappa shape index (κ3) is 3.97. The number of hydrogen-bond donors (Lipinski definition) is 2. The first kappa shape index (κ1) is 11.5. The summed E-state index contributed by atoms with van der Waals surface area (Å²) >= 11 is 0. The van der Waals surface area contributed by atoms with Crippen LogP contribution >= 0.6 is 0 Å². The molecular formula is C11H18N4. The molecule has 0 aliphatic rings. The highest BCUT2D eigenvalue weighted by Gasteiger charge is 1.89. The van der Waals surface area contributed by atoms with Crippen molar-refractivity contribution in [2.24, 2.45) is 0 Å². The molecule has 0 saturated heterocycles. The van der Waals surface area contributed by atoms with Gasteiger partial charge < -0.3 is 9.97 Å². The fraction of sp³-hybridized carbons (Fsp3) is 0.455. The zero-order valence-corrected chi connectivity index (χ0v) is 9.54. The van der Waals surface area contributed by atoms with Gasteiger partial charge in [0.2, 0.25) is 0 Å². The molecule has 0 unspecified atom stereocenters. The molecule has 2 aromatic rings. The minimum absolute atomic E-state index is 0.993. The maximum Gasteiger partial charge on any atom is 0.105 e. The monoisotopic (exact) mass is 206 g/mol. The molecular weight excluding hydrogens is 188 g/mol. The lowest BCUT2D eigenvalue weighted by molar-refractivity contribution is 0.982. The van der Waals surface area contributed by atoms with Gasteiger partial charge in [-0.15, -0.1) is 0 Å². The first-order valence-corrected chi connectivity index (χ1v) is 5.25. The highest BCUT2D eigenvalue weighted by atomic mass is 14.9. The molecule has 0 radical (unpaired) electrons. The molecule has 2 rings (SSSR count). The summed E-state index contributed by atoms with van der Waals surface area (Å²) in [6, 6.07) is 0. The average Bonchev–Trinajstić information content (AvgIpc) is 2.88. The van der Waals surface area contributed by atoms with Crippen LogP contribution in [0.15, 0.2) is 18.6 Å². The average molecular weight is 206 g/mol. The van der Waals surface area contributed by atoms with Crippen LogP contribution in [0, 0.1) is 6.92 Å². The zero-order valence-electron chi connectivity index (χ0n) is 9.54. The van der Waals surface area contributed by atoms with Crippen molar-refractivity contribution in [3.63, 3.8) is 0 Å². The molecule has 0 aliphatic carbocycles. The van der Waals surface area contributed by atoms with Crippen LogP contribution in [-0.4, -0.2) is 19.9 Å². The van der Waals surface area contributed by atoms with Crippen LogP contribution in [0.25, 0.3) is 0 Å². The van der Waals surface area contributed by atoms with Gasteiger partial charge in [0.1, 0.15) is 11.6 Å². The topological polar surface area (TPSA) is 57.4 Å². The van der Waals surface area contributed by atoms with E-state index in [4.69, 9.17) is 0 Å². The number of nitrogens with zero attached hydrogens (tertiary/aromatic N) is 2. The van der Waals surface area contributed by atoms with Crippen LogP contribution in [0.2, 0.25) is 0 Å². The van der Waals surface area contributed by atoms with Crippen molar-refractivity contribution < 1.29 is 0 Å². The molecule has 15 heavy (non-hydrogen) atoms. The Kier molecular flexibility index (Phi) is 4.60. The predicted octanol–water partition coefficient (Wildman–Crippen LogP) is 2.25. The highest BCUT2D eigenvalue weighted by molar-refractivity contribution is 4.97. The van der Waals surface area contributed by atoms with Gasteiger partial charge in [0.05, 0.1) is 0 Å². The fourth-order valence-electron chi connectivity index (χ4n) is 1.14. The largest absolute Gasteiger partial charge is 0.349 e. The Morgan fingerprint density at radius 2 is 1.87 bits per heavy atom. The Morgan fingerprint density at radius 3 is 2.13 bits per heavy atom. The van der Waals surface area contributed by atoms with E-state index in [1.165, 1.54) is 0 Å². The number of aryl methyl sites for hydroxylation is 3. The third-order valence-corrected chi connectivity index (χ3v) is 1.98. The fourth-order valence-corrected chi connectivity index (χ4v) is 1.14. The number of aromatic nitrogens is 4. The minimum Gasteiger partial charge on any atom is -0.349 e. The Morgan fingerprint density at radius 1 is 1.13 bits per heavy atom. The molecule has 0 bridgehead atoms. The van der Waals surface area contributed by atoms with E-state index in [0.717, 1.165) is 30.2 Å². The number of nitrogens with one attached hydrogen (secondary N) is 2. The van der Waals surface area contributed by atoms with Crippen LogP contribution in [0.5, 0.6) is 0 Å². The van der Waals surface area contributed by atoms with Gasteiger partial charge in [-0.25, -0.2) is 9.97 Å². The molecule has 0 saturated carbocycles. The van der Waals surface area contributed by atoms with Gasteiger partial charge >= 0.3 is 0 Å². The summed E-state index contributed by atoms with van der Waals surface area (Å²) in [6.07, 6.45) is 7.43. The Bertz CT molecular complexity index is 362. The lowest BCUT2D eigenvalue weighted by Gasteiger charge is -1.82. The van der Waals surface area contributed by atoms with Crippen LogP contribution in [-0.2, 0) is 12.8 Å². The minimum atomic E-state index is 0.993. The molecule has 82 valence electrons. The van der Waals surface area contributed by atoms with Gasteiger partial charge in [-0.2, -0.15) is 0 Å². The van der Waals surface area contributed by atoms with Gasteiger partial charge in [0, 0.05) is 37.1 Å². The standard InChI is InChI=1S/C6H10N2.C5H8N2/c1-3-6-7-4-5(2)8-6;1-2-5-6-3-4-7-5/h4H,3H2,1-2H3,(H,7,8);3-4H,2H2,1H3,(H,6,7). The van der Waals surface area contributed by atoms with Crippen LogP contribution in [0.4, 0.5) is 0 Å². The van der Waals surface area contributed by atoms with Crippen molar-refractivity contribution in [3.8, 4) is 0 Å². The Hall–Kier alpha value is -1.58. The summed E-state index contributed by atoms with van der Waals surface area (Å²) in [4.78, 5) is 14.1. The van der Waals surface area contributed by atoms with Crippen LogP contribution in [0.3, 0.4) is 0 Å². The van der Waals surface area contributed by atoms with E-state index in [9.17, 15) is 0 Å². The van der Waals surface area contributed by atoms with E-state index in [-0.39, 0.29) is 0 Å². The molecule has 0 spiro atoms. The van der Waals surface area contributed by atoms with Crippen molar-refractivity contribution in [2.75, 3.05) is 0 Å². The quantitative estimate of drug-likeness (QED) is 0.791. The lowest BCUT2D eigenvalue weighted by atomic mass is 10.5. The van der Waals surface area contributed by atoms with Gasteiger partial charge in [-0.05, 0) is 6.92 Å². The van der Waals surface area contributed by atoms with E-state index in [1.807, 2.05) is 19.3 Å². The van der Waals surface area contributed by atoms with Crippen molar-refractivity contribution in [1.29, 1.82) is 0 Å². The molecule has 2 heterocycles. The molecule has 4 heteroatoms. The lowest BCUT2D eigenvalue weighted by Crippen LogP contribution is -1.80. The third-order valence-electron chi connectivity index (χ3n) is 1.98. The van der Waals surface area contributed by atoms with Crippen molar-refractivity contribution in [1.82, 2.24) is 19.9 Å². The van der Waals surface area contributed by atoms with E-state index < -0.39 is 0 Å². The second-order valence-corrected chi connectivity index (χ2v) is 3.26. The molecule has 0 fully saturated rings. The molecule has 2 aromatic heterocycles. The second-order valence-electron chi connectivity index (χ2n) is 3.26. The van der Waals surface area contributed by atoms with E-state index in [1.54, 1.807) is 6.20 Å². The van der Waals surface area contributed by atoms with Gasteiger partial charge in [-0.1, -0.05) is 13.8 Å². The summed E-state index contributed by atoms with van der Waals surface area (Å²) in [7, 11) is 0. The van der Waals surface area contributed by atoms with Gasteiger partial charge in [-0.3, -0.25) is 0 Å². The Balaban J connectivity index is 0.000000151. The Labute approximate surface area is 90.2 Å². The van der Waals surface area contributed by atoms with Gasteiger partial charge in [0.15, 0.2) is 0 Å². The molecule has 0 amide bonds. The van der Waals surface area contributed by atoms with E-state index in [2.05, 4.69) is 33.8 Å². The number of H-pyrrole nitrogens is 2. The molecule has 2 N–H and O–H groups in total. The summed E-state index contributed by atoms with van der Waals surface area (Å²) in [5.41, 5.74) is 1.14. The van der Waals surface area contributed by atoms with E-state index >= 15 is 0 Å². The second kappa shape index (κ2) is 6.01. The molecule has 0 aromatic carbocycles. The first-order valence-electron chi connectivity index (χ1n) is 5.25. The normalized spacial score (nSPS) is 9.53. The molecule has 0 atom stereocenters. The number of hydrogen-bond acceptors (Lipinski definition) is 2. The maximum atomic E-state index is 4.08. The van der Waals surface area contributed by atoms with Crippen molar-refractivity contribution >= 4 is 0 Å².